The van der Waals surface area contributed by atoms with Crippen LogP contribution in [-0.4, -0.2) is 11.7 Å². The van der Waals surface area contributed by atoms with Crippen LogP contribution in [0.5, 0.6) is 11.5 Å². The molecular formula is C38H25N3O2. The number of pyridine rings is 1. The lowest BCUT2D eigenvalue weighted by atomic mass is 10.0. The van der Waals surface area contributed by atoms with E-state index in [1.165, 1.54) is 17.1 Å². The first kappa shape index (κ1) is 23.9. The molecule has 0 amide bonds. The van der Waals surface area contributed by atoms with Crippen LogP contribution in [0.4, 0.5) is 22.7 Å². The van der Waals surface area contributed by atoms with Gasteiger partial charge in [-0.25, -0.2) is 4.98 Å². The molecule has 3 heterocycles. The number of hydrogen-bond donors (Lipinski definition) is 0. The molecule has 0 aliphatic carbocycles. The zero-order valence-corrected chi connectivity index (χ0v) is 23.1. The van der Waals surface area contributed by atoms with Crippen molar-refractivity contribution in [1.29, 1.82) is 0 Å². The second kappa shape index (κ2) is 9.36. The highest BCUT2D eigenvalue weighted by Gasteiger charge is 2.27. The molecule has 9 rings (SSSR count). The molecule has 6 aromatic carbocycles. The van der Waals surface area contributed by atoms with Crippen molar-refractivity contribution in [2.45, 2.75) is 0 Å². The van der Waals surface area contributed by atoms with E-state index in [2.05, 4.69) is 119 Å². The number of aromatic nitrogens is 1. The predicted octanol–water partition coefficient (Wildman–Crippen LogP) is 10.3. The van der Waals surface area contributed by atoms with Crippen molar-refractivity contribution >= 4 is 66.5 Å². The maximum Gasteiger partial charge on any atom is 0.227 e. The smallest absolute Gasteiger partial charge is 0.227 e. The first-order valence-electron chi connectivity index (χ1n) is 14.4. The topological polar surface area (TPSA) is 41.7 Å². The van der Waals surface area contributed by atoms with Crippen LogP contribution in [0.15, 0.2) is 144 Å². The van der Waals surface area contributed by atoms with E-state index < -0.39 is 0 Å². The van der Waals surface area contributed by atoms with E-state index >= 15 is 0 Å². The lowest BCUT2D eigenvalue weighted by molar-refractivity contribution is 0.483. The van der Waals surface area contributed by atoms with Gasteiger partial charge in [-0.15, -0.1) is 0 Å². The van der Waals surface area contributed by atoms with E-state index in [0.29, 0.717) is 5.71 Å². The van der Waals surface area contributed by atoms with Gasteiger partial charge < -0.3 is 19.0 Å². The van der Waals surface area contributed by atoms with Gasteiger partial charge in [-0.05, 0) is 66.0 Å². The van der Waals surface area contributed by atoms with Crippen molar-refractivity contribution in [3.63, 3.8) is 0 Å². The molecular weight excluding hydrogens is 530 g/mol. The minimum atomic E-state index is 0.649. The molecule has 5 heteroatoms. The van der Waals surface area contributed by atoms with E-state index in [9.17, 15) is 0 Å². The molecule has 0 saturated carbocycles. The van der Waals surface area contributed by atoms with E-state index in [4.69, 9.17) is 14.1 Å². The van der Waals surface area contributed by atoms with E-state index in [0.717, 1.165) is 61.9 Å². The van der Waals surface area contributed by atoms with Crippen molar-refractivity contribution < 1.29 is 9.15 Å². The Bertz CT molecular complexity index is 2330. The first-order chi connectivity index (χ1) is 21.3. The molecule has 1 aliphatic rings. The molecule has 5 nitrogen and oxygen atoms in total. The highest BCUT2D eigenvalue weighted by Crippen LogP contribution is 2.44. The molecule has 0 N–H and O–H groups in total. The van der Waals surface area contributed by atoms with Crippen LogP contribution in [0.2, 0.25) is 0 Å². The summed E-state index contributed by atoms with van der Waals surface area (Å²) in [7, 11) is 0. The Kier molecular flexibility index (Phi) is 5.19. The molecule has 204 valence electrons. The number of rotatable bonds is 4. The average molecular weight is 556 g/mol. The van der Waals surface area contributed by atoms with Crippen LogP contribution in [0.1, 0.15) is 0 Å². The number of furan rings is 1. The summed E-state index contributed by atoms with van der Waals surface area (Å²) in [4.78, 5) is 9.64. The van der Waals surface area contributed by atoms with Crippen molar-refractivity contribution in [1.82, 2.24) is 4.98 Å². The van der Waals surface area contributed by atoms with Gasteiger partial charge in [0, 0.05) is 39.0 Å². The standard InChI is InChI=1S/C38H25N3O2/c1-2-9-27(10-3-1)40-24-41(35-15-6-5-14-34(35)40)28-11-8-12-29(22-28)42-30-20-19-25-17-18-26-21-33-31-13-4-7-16-36(31)43-38(33)39-37(26)32(25)23-30/h1-23H,24H2. The molecule has 0 bridgehead atoms. The lowest BCUT2D eigenvalue weighted by Gasteiger charge is -2.22. The fourth-order valence-electron chi connectivity index (χ4n) is 6.25. The fraction of sp³-hybridized carbons (Fsp3) is 0.0263. The van der Waals surface area contributed by atoms with Crippen LogP contribution in [0, 0.1) is 0 Å². The molecule has 2 aromatic heterocycles. The van der Waals surface area contributed by atoms with Crippen molar-refractivity contribution in [2.75, 3.05) is 16.5 Å². The van der Waals surface area contributed by atoms with Gasteiger partial charge in [0.1, 0.15) is 23.8 Å². The number of para-hydroxylation sites is 4. The second-order valence-corrected chi connectivity index (χ2v) is 10.9. The van der Waals surface area contributed by atoms with Crippen LogP contribution in [0.3, 0.4) is 0 Å². The summed E-state index contributed by atoms with van der Waals surface area (Å²) in [5.41, 5.74) is 7.00. The summed E-state index contributed by atoms with van der Waals surface area (Å²) in [6.07, 6.45) is 0. The van der Waals surface area contributed by atoms with Crippen molar-refractivity contribution in [3.05, 3.63) is 140 Å². The van der Waals surface area contributed by atoms with E-state index in [1.807, 2.05) is 30.3 Å². The molecule has 0 unspecified atom stereocenters. The van der Waals surface area contributed by atoms with Crippen LogP contribution in [0.25, 0.3) is 43.7 Å². The summed E-state index contributed by atoms with van der Waals surface area (Å²) in [6.45, 7) is 0.719. The fourth-order valence-corrected chi connectivity index (χ4v) is 6.25. The third-order valence-electron chi connectivity index (χ3n) is 8.30. The summed E-state index contributed by atoms with van der Waals surface area (Å²) >= 11 is 0. The van der Waals surface area contributed by atoms with Gasteiger partial charge in [-0.3, -0.25) is 0 Å². The highest BCUT2D eigenvalue weighted by atomic mass is 16.5. The van der Waals surface area contributed by atoms with Crippen LogP contribution >= 0.6 is 0 Å². The molecule has 8 aromatic rings. The summed E-state index contributed by atoms with van der Waals surface area (Å²) in [5.74, 6) is 1.54. The highest BCUT2D eigenvalue weighted by molar-refractivity contribution is 6.13. The Labute approximate surface area is 247 Å². The van der Waals surface area contributed by atoms with Gasteiger partial charge in [0.05, 0.1) is 16.9 Å². The SMILES string of the molecule is c1ccc(N2CN(c3cccc(Oc4ccc5ccc6cc7c(nc6c5c4)oc4ccccc47)c3)c3ccccc32)cc1. The van der Waals surface area contributed by atoms with Gasteiger partial charge in [0.2, 0.25) is 5.71 Å². The maximum atomic E-state index is 6.48. The molecule has 0 radical (unpaired) electrons. The predicted molar refractivity (Wildman–Crippen MR) is 175 cm³/mol. The Hall–Kier alpha value is -5.81. The van der Waals surface area contributed by atoms with Gasteiger partial charge >= 0.3 is 0 Å². The van der Waals surface area contributed by atoms with Gasteiger partial charge in [0.15, 0.2) is 0 Å². The van der Waals surface area contributed by atoms with Gasteiger partial charge in [-0.1, -0.05) is 72.8 Å². The Morgan fingerprint density at radius 2 is 1.23 bits per heavy atom. The summed E-state index contributed by atoms with van der Waals surface area (Å²) < 4.78 is 12.6. The summed E-state index contributed by atoms with van der Waals surface area (Å²) in [6, 6.07) is 48.0. The van der Waals surface area contributed by atoms with E-state index in [-0.39, 0.29) is 0 Å². The zero-order chi connectivity index (χ0) is 28.3. The largest absolute Gasteiger partial charge is 0.457 e. The zero-order valence-electron chi connectivity index (χ0n) is 23.1. The Balaban J connectivity index is 1.08. The van der Waals surface area contributed by atoms with Crippen molar-refractivity contribution in [3.8, 4) is 11.5 Å². The molecule has 0 fully saturated rings. The second-order valence-electron chi connectivity index (χ2n) is 10.9. The van der Waals surface area contributed by atoms with Crippen LogP contribution < -0.4 is 14.5 Å². The quantitative estimate of drug-likeness (QED) is 0.202. The third-order valence-corrected chi connectivity index (χ3v) is 8.30. The van der Waals surface area contributed by atoms with Crippen molar-refractivity contribution in [2.24, 2.45) is 0 Å². The number of nitrogens with zero attached hydrogens (tertiary/aromatic N) is 3. The third kappa shape index (κ3) is 3.90. The number of fused-ring (bicyclic) bond motifs is 7. The average Bonchev–Trinajstić information content (AvgIpc) is 3.63. The lowest BCUT2D eigenvalue weighted by Crippen LogP contribution is -2.23. The number of anilines is 4. The van der Waals surface area contributed by atoms with E-state index in [1.54, 1.807) is 0 Å². The molecule has 0 saturated heterocycles. The normalized spacial score (nSPS) is 12.9. The minimum Gasteiger partial charge on any atom is -0.457 e. The van der Waals surface area contributed by atoms with Crippen LogP contribution in [-0.2, 0) is 0 Å². The Morgan fingerprint density at radius 1 is 0.535 bits per heavy atom. The molecule has 43 heavy (non-hydrogen) atoms. The first-order valence-corrected chi connectivity index (χ1v) is 14.4. The monoisotopic (exact) mass is 555 g/mol. The molecule has 1 aliphatic heterocycles. The minimum absolute atomic E-state index is 0.649. The summed E-state index contributed by atoms with van der Waals surface area (Å²) in [5, 5.41) is 5.31. The molecule has 0 spiro atoms. The molecule has 0 atom stereocenters. The van der Waals surface area contributed by atoms with Gasteiger partial charge in [-0.2, -0.15) is 0 Å². The number of ether oxygens (including phenoxy) is 1. The Morgan fingerprint density at radius 3 is 2.12 bits per heavy atom. The number of benzene rings is 6. The number of hydrogen-bond acceptors (Lipinski definition) is 5. The maximum absolute atomic E-state index is 6.48. The van der Waals surface area contributed by atoms with Gasteiger partial charge in [0.25, 0.3) is 0 Å².